The lowest BCUT2D eigenvalue weighted by atomic mass is 9.69. The van der Waals surface area contributed by atoms with E-state index in [0.717, 1.165) is 47.3 Å². The summed E-state index contributed by atoms with van der Waals surface area (Å²) in [7, 11) is 0. The first-order chi connectivity index (χ1) is 10.1. The van der Waals surface area contributed by atoms with Crippen LogP contribution >= 0.6 is 0 Å². The van der Waals surface area contributed by atoms with Crippen molar-refractivity contribution in [3.8, 4) is 0 Å². The summed E-state index contributed by atoms with van der Waals surface area (Å²) < 4.78 is 0. The molecule has 21 heavy (non-hydrogen) atoms. The van der Waals surface area contributed by atoms with Crippen molar-refractivity contribution in [3.05, 3.63) is 0 Å². The minimum Gasteiger partial charge on any atom is -0.327 e. The van der Waals surface area contributed by atoms with Crippen molar-refractivity contribution in [2.24, 2.45) is 58.8 Å². The molecule has 4 aliphatic carbocycles. The quantitative estimate of drug-likeness (QED) is 0.834. The Bertz CT molecular complexity index is 393. The summed E-state index contributed by atoms with van der Waals surface area (Å²) in [5.41, 5.74) is 13.0. The average molecular weight is 290 g/mol. The standard InChI is InChI=1S/C19H34N2/c1-3-15-16-9-14(18(15)20)8-13(16)6-10(2)17-11-4-5-12(7-11)19(17)21/h10-19H,3-9,20-21H2,1-2H3. The fraction of sp³-hybridized carbons (Fsp3) is 1.00. The van der Waals surface area contributed by atoms with Gasteiger partial charge in [0.05, 0.1) is 0 Å². The lowest BCUT2D eigenvalue weighted by molar-refractivity contribution is 0.133. The molecule has 0 aromatic rings. The molecule has 0 aromatic heterocycles. The fourth-order valence-electron chi connectivity index (χ4n) is 7.38. The summed E-state index contributed by atoms with van der Waals surface area (Å²) in [5, 5.41) is 0. The highest BCUT2D eigenvalue weighted by Gasteiger charge is 2.52. The number of hydrogen-bond acceptors (Lipinski definition) is 2. The molecule has 10 atom stereocenters. The van der Waals surface area contributed by atoms with Crippen LogP contribution in [-0.4, -0.2) is 12.1 Å². The lowest BCUT2D eigenvalue weighted by Gasteiger charge is -2.38. The SMILES string of the molecule is CCC1C(N)C2CC(CC(C)C3C4CCC(C4)C3N)C1C2. The molecule has 4 N–H and O–H groups in total. The zero-order valence-corrected chi connectivity index (χ0v) is 13.9. The molecule has 2 heteroatoms. The van der Waals surface area contributed by atoms with Gasteiger partial charge in [0.2, 0.25) is 0 Å². The van der Waals surface area contributed by atoms with E-state index in [1.165, 1.54) is 44.9 Å². The fourth-order valence-corrected chi connectivity index (χ4v) is 7.38. The molecule has 10 unspecified atom stereocenters. The third-order valence-electron chi connectivity index (χ3n) is 8.22. The molecule has 4 saturated carbocycles. The Balaban J connectivity index is 1.41. The van der Waals surface area contributed by atoms with E-state index in [0.29, 0.717) is 12.1 Å². The highest BCUT2D eigenvalue weighted by atomic mass is 14.8. The summed E-state index contributed by atoms with van der Waals surface area (Å²) >= 11 is 0. The van der Waals surface area contributed by atoms with Crippen LogP contribution in [0.5, 0.6) is 0 Å². The van der Waals surface area contributed by atoms with E-state index in [-0.39, 0.29) is 0 Å². The second kappa shape index (κ2) is 5.23. The van der Waals surface area contributed by atoms with Crippen molar-refractivity contribution >= 4 is 0 Å². The molecule has 0 saturated heterocycles. The first-order valence-electron chi connectivity index (χ1n) is 9.61. The number of nitrogens with two attached hydrogens (primary N) is 2. The molecule has 0 aromatic carbocycles. The normalized spacial score (nSPS) is 56.3. The van der Waals surface area contributed by atoms with Crippen molar-refractivity contribution in [1.82, 2.24) is 0 Å². The van der Waals surface area contributed by atoms with Crippen LogP contribution in [0.4, 0.5) is 0 Å². The van der Waals surface area contributed by atoms with Crippen LogP contribution < -0.4 is 11.5 Å². The van der Waals surface area contributed by atoms with Crippen LogP contribution in [0.2, 0.25) is 0 Å². The Morgan fingerprint density at radius 1 is 0.952 bits per heavy atom. The summed E-state index contributed by atoms with van der Waals surface area (Å²) in [5.74, 6) is 7.04. The average Bonchev–Trinajstić information content (AvgIpc) is 3.18. The molecule has 0 aliphatic heterocycles. The van der Waals surface area contributed by atoms with Gasteiger partial charge in [0.15, 0.2) is 0 Å². The van der Waals surface area contributed by atoms with Gasteiger partial charge in [0.1, 0.15) is 0 Å². The molecule has 2 nitrogen and oxygen atoms in total. The van der Waals surface area contributed by atoms with Crippen molar-refractivity contribution in [3.63, 3.8) is 0 Å². The predicted molar refractivity (Wildman–Crippen MR) is 87.5 cm³/mol. The second-order valence-electron chi connectivity index (χ2n) is 9.01. The molecule has 4 fully saturated rings. The van der Waals surface area contributed by atoms with Crippen molar-refractivity contribution in [2.45, 2.75) is 70.9 Å². The first-order valence-corrected chi connectivity index (χ1v) is 9.61. The van der Waals surface area contributed by atoms with Gasteiger partial charge < -0.3 is 11.5 Å². The van der Waals surface area contributed by atoms with Gasteiger partial charge in [-0.05, 0) is 85.9 Å². The van der Waals surface area contributed by atoms with Crippen molar-refractivity contribution in [2.75, 3.05) is 0 Å². The van der Waals surface area contributed by atoms with E-state index in [9.17, 15) is 0 Å². The third kappa shape index (κ3) is 2.12. The Hall–Kier alpha value is -0.0800. The minimum absolute atomic E-state index is 0.510. The summed E-state index contributed by atoms with van der Waals surface area (Å²) in [6.45, 7) is 4.86. The van der Waals surface area contributed by atoms with Crippen LogP contribution in [0.25, 0.3) is 0 Å². The highest BCUT2D eigenvalue weighted by Crippen LogP contribution is 2.56. The van der Waals surface area contributed by atoms with Crippen LogP contribution in [0.15, 0.2) is 0 Å². The monoisotopic (exact) mass is 290 g/mol. The van der Waals surface area contributed by atoms with Gasteiger partial charge >= 0.3 is 0 Å². The van der Waals surface area contributed by atoms with E-state index in [2.05, 4.69) is 13.8 Å². The van der Waals surface area contributed by atoms with Gasteiger partial charge in [-0.3, -0.25) is 0 Å². The molecule has 0 heterocycles. The lowest BCUT2D eigenvalue weighted by Crippen LogP contribution is -2.42. The smallest absolute Gasteiger partial charge is 0.0101 e. The molecule has 0 radical (unpaired) electrons. The molecule has 4 rings (SSSR count). The summed E-state index contributed by atoms with van der Waals surface area (Å²) in [4.78, 5) is 0. The topological polar surface area (TPSA) is 52.0 Å². The molecule has 120 valence electrons. The summed E-state index contributed by atoms with van der Waals surface area (Å²) in [6.07, 6.45) is 9.90. The molecule has 4 bridgehead atoms. The van der Waals surface area contributed by atoms with Gasteiger partial charge in [-0.2, -0.15) is 0 Å². The van der Waals surface area contributed by atoms with E-state index >= 15 is 0 Å². The van der Waals surface area contributed by atoms with Crippen molar-refractivity contribution < 1.29 is 0 Å². The van der Waals surface area contributed by atoms with Gasteiger partial charge in [-0.15, -0.1) is 0 Å². The molecule has 0 amide bonds. The Morgan fingerprint density at radius 2 is 1.71 bits per heavy atom. The Labute approximate surface area is 130 Å². The number of fused-ring (bicyclic) bond motifs is 4. The first kappa shape index (κ1) is 14.5. The van der Waals surface area contributed by atoms with E-state index in [1.54, 1.807) is 0 Å². The van der Waals surface area contributed by atoms with E-state index < -0.39 is 0 Å². The van der Waals surface area contributed by atoms with Crippen LogP contribution in [-0.2, 0) is 0 Å². The maximum atomic E-state index is 6.57. The number of rotatable bonds is 4. The zero-order chi connectivity index (χ0) is 14.7. The van der Waals surface area contributed by atoms with Gasteiger partial charge in [-0.1, -0.05) is 20.3 Å². The van der Waals surface area contributed by atoms with E-state index in [4.69, 9.17) is 11.5 Å². The highest BCUT2D eigenvalue weighted by molar-refractivity contribution is 5.05. The van der Waals surface area contributed by atoms with Gasteiger partial charge in [-0.25, -0.2) is 0 Å². The molecular formula is C19H34N2. The third-order valence-corrected chi connectivity index (χ3v) is 8.22. The van der Waals surface area contributed by atoms with Crippen molar-refractivity contribution in [1.29, 1.82) is 0 Å². The van der Waals surface area contributed by atoms with Gasteiger partial charge in [0.25, 0.3) is 0 Å². The summed E-state index contributed by atoms with van der Waals surface area (Å²) in [6, 6.07) is 1.03. The molecular weight excluding hydrogens is 256 g/mol. The van der Waals surface area contributed by atoms with Crippen LogP contribution in [0.1, 0.15) is 58.8 Å². The maximum Gasteiger partial charge on any atom is 0.0101 e. The van der Waals surface area contributed by atoms with Crippen LogP contribution in [0.3, 0.4) is 0 Å². The van der Waals surface area contributed by atoms with Gasteiger partial charge in [0, 0.05) is 12.1 Å². The zero-order valence-electron chi connectivity index (χ0n) is 13.9. The predicted octanol–water partition coefficient (Wildman–Crippen LogP) is 3.40. The minimum atomic E-state index is 0.510. The van der Waals surface area contributed by atoms with Crippen LogP contribution in [0, 0.1) is 47.3 Å². The maximum absolute atomic E-state index is 6.57. The Kier molecular flexibility index (Phi) is 3.61. The molecule has 4 aliphatic rings. The molecule has 0 spiro atoms. The Morgan fingerprint density at radius 3 is 2.33 bits per heavy atom. The van der Waals surface area contributed by atoms with E-state index in [1.807, 2.05) is 0 Å². The number of hydrogen-bond donors (Lipinski definition) is 2. The largest absolute Gasteiger partial charge is 0.327 e. The second-order valence-corrected chi connectivity index (χ2v) is 9.01.